The number of carbonyl (C=O) groups is 2. The predicted molar refractivity (Wildman–Crippen MR) is 84.2 cm³/mol. The average molecular weight is 319 g/mol. The van der Waals surface area contributed by atoms with Gasteiger partial charge in [-0.05, 0) is 26.2 Å². The number of alkyl halides is 1. The fourth-order valence-corrected chi connectivity index (χ4v) is 3.75. The van der Waals surface area contributed by atoms with Gasteiger partial charge in [0.05, 0.1) is 17.6 Å². The number of carbonyl (C=O) groups excluding carboxylic acids is 2. The number of likely N-dealkylation sites (tertiary alicyclic amines) is 1. The number of allylic oxidation sites excluding steroid dienone is 2. The number of amides is 1. The summed E-state index contributed by atoms with van der Waals surface area (Å²) in [6.45, 7) is 6.06. The molecule has 0 spiro atoms. The molecule has 5 heteroatoms. The number of hydrogen-bond acceptors (Lipinski definition) is 3. The van der Waals surface area contributed by atoms with E-state index in [1.165, 1.54) is 4.90 Å². The van der Waals surface area contributed by atoms with Crippen LogP contribution in [0.2, 0.25) is 0 Å². The lowest BCUT2D eigenvalue weighted by molar-refractivity contribution is -0.152. The summed E-state index contributed by atoms with van der Waals surface area (Å²) in [6.07, 6.45) is 9.34. The minimum atomic E-state index is -1.65. The lowest BCUT2D eigenvalue weighted by atomic mass is 9.86. The van der Waals surface area contributed by atoms with Crippen LogP contribution in [0.1, 0.15) is 26.2 Å². The van der Waals surface area contributed by atoms with E-state index in [0.29, 0.717) is 19.3 Å². The van der Waals surface area contributed by atoms with Crippen LogP contribution in [0, 0.1) is 11.3 Å². The Morgan fingerprint density at radius 1 is 1.52 bits per heavy atom. The molecule has 2 fully saturated rings. The third-order valence-corrected chi connectivity index (χ3v) is 5.35. The molecule has 2 aliphatic carbocycles. The number of esters is 1. The molecule has 0 aromatic rings. The zero-order valence-electron chi connectivity index (χ0n) is 13.3. The Balaban J connectivity index is 1.86. The van der Waals surface area contributed by atoms with Crippen LogP contribution < -0.4 is 0 Å². The Kier molecular flexibility index (Phi) is 3.90. The standard InChI is InChI=1S/C18H22FNO3/c1-3-17(8-6-5-7-9-17)20-12-13(14(19)15(20)21)18(10-11-18)16(22)23-4-2/h3,5-8,13-14H,1,4,9-12H2,2H3/t13-,14-,17-/m0/s1. The molecule has 0 unspecified atom stereocenters. The SMILES string of the molecule is C=C[C@]1(N2C[C@H](C3(C(=O)OCC)CC3)[C@H](F)C2=O)C=CC=CC1. The van der Waals surface area contributed by atoms with Crippen molar-refractivity contribution in [2.45, 2.75) is 37.9 Å². The Bertz CT molecular complexity index is 593. The van der Waals surface area contributed by atoms with Gasteiger partial charge in [-0.15, -0.1) is 6.58 Å². The quantitative estimate of drug-likeness (QED) is 0.578. The van der Waals surface area contributed by atoms with Crippen molar-refractivity contribution in [2.75, 3.05) is 13.2 Å². The van der Waals surface area contributed by atoms with Gasteiger partial charge in [-0.2, -0.15) is 0 Å². The van der Waals surface area contributed by atoms with Gasteiger partial charge < -0.3 is 9.64 Å². The maximum absolute atomic E-state index is 14.8. The number of halogens is 1. The highest BCUT2D eigenvalue weighted by atomic mass is 19.1. The zero-order chi connectivity index (χ0) is 16.7. The summed E-state index contributed by atoms with van der Waals surface area (Å²) in [5, 5.41) is 0. The highest BCUT2D eigenvalue weighted by Crippen LogP contribution is 2.57. The Morgan fingerprint density at radius 2 is 2.26 bits per heavy atom. The third-order valence-electron chi connectivity index (χ3n) is 5.35. The molecule has 3 rings (SSSR count). The Morgan fingerprint density at radius 3 is 2.78 bits per heavy atom. The molecule has 4 nitrogen and oxygen atoms in total. The van der Waals surface area contributed by atoms with Crippen LogP contribution in [0.15, 0.2) is 37.0 Å². The van der Waals surface area contributed by atoms with E-state index < -0.39 is 29.0 Å². The van der Waals surface area contributed by atoms with Crippen molar-refractivity contribution in [1.82, 2.24) is 4.90 Å². The molecule has 3 atom stereocenters. The van der Waals surface area contributed by atoms with Crippen LogP contribution in [0.5, 0.6) is 0 Å². The van der Waals surface area contributed by atoms with Gasteiger partial charge in [0.2, 0.25) is 0 Å². The van der Waals surface area contributed by atoms with Crippen molar-refractivity contribution in [2.24, 2.45) is 11.3 Å². The van der Waals surface area contributed by atoms with Gasteiger partial charge in [-0.1, -0.05) is 30.4 Å². The molecule has 0 radical (unpaired) electrons. The number of nitrogens with zero attached hydrogens (tertiary/aromatic N) is 1. The maximum Gasteiger partial charge on any atom is 0.312 e. The summed E-state index contributed by atoms with van der Waals surface area (Å²) in [6, 6.07) is 0. The number of rotatable bonds is 5. The molecule has 0 aromatic carbocycles. The molecule has 1 heterocycles. The zero-order valence-corrected chi connectivity index (χ0v) is 13.3. The number of ether oxygens (including phenoxy) is 1. The molecule has 0 bridgehead atoms. The van der Waals surface area contributed by atoms with Crippen LogP contribution in [0.3, 0.4) is 0 Å². The van der Waals surface area contributed by atoms with Crippen LogP contribution in [0.4, 0.5) is 4.39 Å². The van der Waals surface area contributed by atoms with Crippen molar-refractivity contribution in [3.8, 4) is 0 Å². The van der Waals surface area contributed by atoms with E-state index in [1.807, 2.05) is 24.3 Å². The van der Waals surface area contributed by atoms with Gasteiger partial charge in [0.1, 0.15) is 0 Å². The van der Waals surface area contributed by atoms with Crippen molar-refractivity contribution in [3.63, 3.8) is 0 Å². The first-order chi connectivity index (χ1) is 11.0. The van der Waals surface area contributed by atoms with Crippen LogP contribution >= 0.6 is 0 Å². The van der Waals surface area contributed by atoms with E-state index >= 15 is 0 Å². The van der Waals surface area contributed by atoms with Gasteiger partial charge in [0, 0.05) is 12.5 Å². The molecule has 124 valence electrons. The van der Waals surface area contributed by atoms with Crippen molar-refractivity contribution in [3.05, 3.63) is 37.0 Å². The summed E-state index contributed by atoms with van der Waals surface area (Å²) >= 11 is 0. The van der Waals surface area contributed by atoms with E-state index in [9.17, 15) is 14.0 Å². The second-order valence-electron chi connectivity index (χ2n) is 6.52. The second kappa shape index (κ2) is 5.62. The van der Waals surface area contributed by atoms with Gasteiger partial charge in [0.25, 0.3) is 5.91 Å². The summed E-state index contributed by atoms with van der Waals surface area (Å²) in [4.78, 5) is 26.3. The molecule has 0 aromatic heterocycles. The topological polar surface area (TPSA) is 46.6 Å². The first-order valence-corrected chi connectivity index (χ1v) is 8.11. The molecular formula is C18H22FNO3. The molecule has 23 heavy (non-hydrogen) atoms. The molecule has 1 amide bonds. The average Bonchev–Trinajstić information content (AvgIpc) is 3.31. The highest BCUT2D eigenvalue weighted by Gasteiger charge is 2.64. The minimum Gasteiger partial charge on any atom is -0.466 e. The first-order valence-electron chi connectivity index (χ1n) is 8.11. The maximum atomic E-state index is 14.8. The summed E-state index contributed by atoms with van der Waals surface area (Å²) in [7, 11) is 0. The highest BCUT2D eigenvalue weighted by molar-refractivity contribution is 5.88. The molecule has 1 aliphatic heterocycles. The third kappa shape index (κ3) is 2.33. The van der Waals surface area contributed by atoms with E-state index in [4.69, 9.17) is 4.74 Å². The molecular weight excluding hydrogens is 297 g/mol. The van der Waals surface area contributed by atoms with Crippen molar-refractivity contribution < 1.29 is 18.7 Å². The van der Waals surface area contributed by atoms with Crippen LogP contribution in [-0.4, -0.2) is 41.6 Å². The minimum absolute atomic E-state index is 0.225. The largest absolute Gasteiger partial charge is 0.466 e. The summed E-state index contributed by atoms with van der Waals surface area (Å²) in [5.41, 5.74) is -1.52. The predicted octanol–water partition coefficient (Wildman–Crippen LogP) is 2.57. The molecule has 1 saturated carbocycles. The molecule has 0 N–H and O–H groups in total. The fourth-order valence-electron chi connectivity index (χ4n) is 3.75. The van der Waals surface area contributed by atoms with Crippen LogP contribution in [-0.2, 0) is 14.3 Å². The van der Waals surface area contributed by atoms with Gasteiger partial charge in [-0.3, -0.25) is 9.59 Å². The first kappa shape index (κ1) is 16.0. The van der Waals surface area contributed by atoms with Gasteiger partial charge in [-0.25, -0.2) is 4.39 Å². The lowest BCUT2D eigenvalue weighted by Gasteiger charge is -2.38. The fraction of sp³-hybridized carbons (Fsp3) is 0.556. The van der Waals surface area contributed by atoms with E-state index in [1.54, 1.807) is 13.0 Å². The van der Waals surface area contributed by atoms with E-state index in [2.05, 4.69) is 6.58 Å². The van der Waals surface area contributed by atoms with E-state index in [0.717, 1.165) is 0 Å². The Labute approximate surface area is 135 Å². The van der Waals surface area contributed by atoms with Gasteiger partial charge in [0.15, 0.2) is 6.17 Å². The van der Waals surface area contributed by atoms with Crippen molar-refractivity contribution >= 4 is 11.9 Å². The number of hydrogen-bond donors (Lipinski definition) is 0. The summed E-state index contributed by atoms with van der Waals surface area (Å²) < 4.78 is 19.9. The summed E-state index contributed by atoms with van der Waals surface area (Å²) in [5.74, 6) is -1.55. The van der Waals surface area contributed by atoms with Crippen LogP contribution in [0.25, 0.3) is 0 Å². The lowest BCUT2D eigenvalue weighted by Crippen LogP contribution is -2.48. The normalized spacial score (nSPS) is 34.5. The Hall–Kier alpha value is -1.91. The molecule has 3 aliphatic rings. The monoisotopic (exact) mass is 319 g/mol. The van der Waals surface area contributed by atoms with E-state index in [-0.39, 0.29) is 19.1 Å². The smallest absolute Gasteiger partial charge is 0.312 e. The molecule has 1 saturated heterocycles. The van der Waals surface area contributed by atoms with Gasteiger partial charge >= 0.3 is 5.97 Å². The van der Waals surface area contributed by atoms with Crippen molar-refractivity contribution in [1.29, 1.82) is 0 Å². The second-order valence-corrected chi connectivity index (χ2v) is 6.52.